The lowest BCUT2D eigenvalue weighted by Gasteiger charge is -2.27. The minimum Gasteiger partial charge on any atom is -0.382 e. The van der Waals surface area contributed by atoms with E-state index in [2.05, 4.69) is 24.5 Å². The minimum atomic E-state index is 0.334. The standard InChI is InChI=1S/C19H39N3O3/c1-4-20-18(21-12-8-13-25-16-15-23-3)22-17-19(9-6-7-10-19)11-14-24-5-2/h4-17H2,1-3H3,(H2,20,21,22). The molecule has 0 heterocycles. The molecule has 1 rings (SSSR count). The van der Waals surface area contributed by atoms with Crippen molar-refractivity contribution in [2.45, 2.75) is 52.4 Å². The molecular weight excluding hydrogens is 318 g/mol. The van der Waals surface area contributed by atoms with Crippen molar-refractivity contribution in [3.63, 3.8) is 0 Å². The zero-order valence-corrected chi connectivity index (χ0v) is 16.6. The summed E-state index contributed by atoms with van der Waals surface area (Å²) in [5.74, 6) is 0.919. The first-order chi connectivity index (χ1) is 12.3. The van der Waals surface area contributed by atoms with Gasteiger partial charge in [-0.1, -0.05) is 12.8 Å². The Morgan fingerprint density at radius 3 is 2.48 bits per heavy atom. The molecule has 0 radical (unpaired) electrons. The van der Waals surface area contributed by atoms with Gasteiger partial charge in [-0.2, -0.15) is 0 Å². The number of rotatable bonds is 14. The first-order valence-electron chi connectivity index (χ1n) is 9.93. The number of hydrogen-bond acceptors (Lipinski definition) is 4. The van der Waals surface area contributed by atoms with E-state index in [1.165, 1.54) is 25.7 Å². The Morgan fingerprint density at radius 2 is 1.80 bits per heavy atom. The van der Waals surface area contributed by atoms with Crippen LogP contribution in [-0.4, -0.2) is 65.7 Å². The highest BCUT2D eigenvalue weighted by atomic mass is 16.5. The lowest BCUT2D eigenvalue weighted by molar-refractivity contribution is 0.0698. The Morgan fingerprint density at radius 1 is 1.00 bits per heavy atom. The highest BCUT2D eigenvalue weighted by Gasteiger charge is 2.33. The van der Waals surface area contributed by atoms with Crippen molar-refractivity contribution in [1.29, 1.82) is 0 Å². The van der Waals surface area contributed by atoms with Crippen molar-refractivity contribution in [3.05, 3.63) is 0 Å². The topological polar surface area (TPSA) is 64.1 Å². The lowest BCUT2D eigenvalue weighted by atomic mass is 9.83. The average molecular weight is 358 g/mol. The Balaban J connectivity index is 2.36. The van der Waals surface area contributed by atoms with Crippen LogP contribution in [0.4, 0.5) is 0 Å². The maximum absolute atomic E-state index is 5.59. The summed E-state index contributed by atoms with van der Waals surface area (Å²) in [6, 6.07) is 0. The highest BCUT2D eigenvalue weighted by molar-refractivity contribution is 5.79. The van der Waals surface area contributed by atoms with Gasteiger partial charge in [-0.25, -0.2) is 0 Å². The molecule has 1 fully saturated rings. The van der Waals surface area contributed by atoms with Gasteiger partial charge in [0.25, 0.3) is 0 Å². The van der Waals surface area contributed by atoms with Gasteiger partial charge in [0.15, 0.2) is 5.96 Å². The van der Waals surface area contributed by atoms with E-state index in [4.69, 9.17) is 19.2 Å². The molecule has 6 nitrogen and oxygen atoms in total. The van der Waals surface area contributed by atoms with Crippen LogP contribution in [0.2, 0.25) is 0 Å². The largest absolute Gasteiger partial charge is 0.382 e. The summed E-state index contributed by atoms with van der Waals surface area (Å²) in [7, 11) is 1.69. The molecule has 2 N–H and O–H groups in total. The molecule has 6 heteroatoms. The Hall–Kier alpha value is -0.850. The molecule has 0 amide bonds. The average Bonchev–Trinajstić information content (AvgIpc) is 3.08. The van der Waals surface area contributed by atoms with Crippen LogP contribution in [-0.2, 0) is 14.2 Å². The van der Waals surface area contributed by atoms with Crippen LogP contribution < -0.4 is 10.6 Å². The fourth-order valence-corrected chi connectivity index (χ4v) is 3.26. The van der Waals surface area contributed by atoms with Crippen molar-refractivity contribution in [2.75, 3.05) is 59.8 Å². The Kier molecular flexibility index (Phi) is 12.7. The monoisotopic (exact) mass is 357 g/mol. The van der Waals surface area contributed by atoms with Crippen LogP contribution in [0.15, 0.2) is 4.99 Å². The quantitative estimate of drug-likeness (QED) is 0.284. The molecule has 0 aromatic rings. The van der Waals surface area contributed by atoms with E-state index in [1.54, 1.807) is 7.11 Å². The number of ether oxygens (including phenoxy) is 3. The van der Waals surface area contributed by atoms with Gasteiger partial charge in [0.05, 0.1) is 13.2 Å². The summed E-state index contributed by atoms with van der Waals surface area (Å²) in [4.78, 5) is 4.87. The molecule has 0 aromatic carbocycles. The number of methoxy groups -OCH3 is 1. The molecule has 1 saturated carbocycles. The predicted octanol–water partition coefficient (Wildman–Crippen LogP) is 2.58. The number of nitrogens with one attached hydrogen (secondary N) is 2. The molecule has 0 saturated heterocycles. The molecule has 0 bridgehead atoms. The normalized spacial score (nSPS) is 17.0. The molecule has 0 spiro atoms. The third kappa shape index (κ3) is 10.0. The molecule has 0 aliphatic heterocycles. The molecular formula is C19H39N3O3. The van der Waals surface area contributed by atoms with Crippen LogP contribution in [0.5, 0.6) is 0 Å². The molecule has 1 aliphatic carbocycles. The van der Waals surface area contributed by atoms with E-state index >= 15 is 0 Å². The number of aliphatic imine (C=N–C) groups is 1. The summed E-state index contributed by atoms with van der Waals surface area (Å²) in [5, 5.41) is 6.77. The number of hydrogen-bond donors (Lipinski definition) is 2. The van der Waals surface area contributed by atoms with Gasteiger partial charge in [-0.05, 0) is 44.9 Å². The second-order valence-electron chi connectivity index (χ2n) is 6.73. The zero-order valence-electron chi connectivity index (χ0n) is 16.6. The lowest BCUT2D eigenvalue weighted by Crippen LogP contribution is -2.39. The highest BCUT2D eigenvalue weighted by Crippen LogP contribution is 2.41. The number of guanidine groups is 1. The Labute approximate surface area is 154 Å². The van der Waals surface area contributed by atoms with Gasteiger partial charge in [0.2, 0.25) is 0 Å². The van der Waals surface area contributed by atoms with Crippen molar-refractivity contribution >= 4 is 5.96 Å². The van der Waals surface area contributed by atoms with E-state index in [0.29, 0.717) is 18.6 Å². The molecule has 148 valence electrons. The van der Waals surface area contributed by atoms with Crippen LogP contribution in [0.1, 0.15) is 52.4 Å². The maximum atomic E-state index is 5.59. The van der Waals surface area contributed by atoms with Gasteiger partial charge < -0.3 is 24.8 Å². The van der Waals surface area contributed by atoms with Crippen molar-refractivity contribution in [1.82, 2.24) is 10.6 Å². The van der Waals surface area contributed by atoms with E-state index < -0.39 is 0 Å². The second-order valence-corrected chi connectivity index (χ2v) is 6.73. The van der Waals surface area contributed by atoms with Gasteiger partial charge in [0, 0.05) is 46.6 Å². The van der Waals surface area contributed by atoms with E-state index in [-0.39, 0.29) is 0 Å². The summed E-state index contributed by atoms with van der Waals surface area (Å²) < 4.78 is 16.0. The first kappa shape index (κ1) is 22.2. The molecule has 1 aliphatic rings. The van der Waals surface area contributed by atoms with Gasteiger partial charge >= 0.3 is 0 Å². The fraction of sp³-hybridized carbons (Fsp3) is 0.947. The van der Waals surface area contributed by atoms with Gasteiger partial charge in [-0.15, -0.1) is 0 Å². The van der Waals surface area contributed by atoms with E-state index in [1.807, 2.05) is 0 Å². The zero-order chi connectivity index (χ0) is 18.2. The van der Waals surface area contributed by atoms with E-state index in [9.17, 15) is 0 Å². The summed E-state index contributed by atoms with van der Waals surface area (Å²) in [5.41, 5.74) is 0.334. The van der Waals surface area contributed by atoms with Crippen molar-refractivity contribution < 1.29 is 14.2 Å². The van der Waals surface area contributed by atoms with Gasteiger partial charge in [0.1, 0.15) is 0 Å². The van der Waals surface area contributed by atoms with Crippen LogP contribution in [0.3, 0.4) is 0 Å². The fourth-order valence-electron chi connectivity index (χ4n) is 3.26. The summed E-state index contributed by atoms with van der Waals surface area (Å²) >= 11 is 0. The Bertz CT molecular complexity index is 345. The second kappa shape index (κ2) is 14.3. The first-order valence-corrected chi connectivity index (χ1v) is 9.93. The van der Waals surface area contributed by atoms with Crippen LogP contribution >= 0.6 is 0 Å². The van der Waals surface area contributed by atoms with Gasteiger partial charge in [-0.3, -0.25) is 4.99 Å². The summed E-state index contributed by atoms with van der Waals surface area (Å²) in [6.07, 6.45) is 7.28. The molecule has 25 heavy (non-hydrogen) atoms. The SMILES string of the molecule is CCNC(=NCC1(CCOCC)CCCC1)NCCCOCCOC. The predicted molar refractivity (Wildman–Crippen MR) is 103 cm³/mol. The van der Waals surface area contributed by atoms with Crippen molar-refractivity contribution in [3.8, 4) is 0 Å². The molecule has 0 atom stereocenters. The summed E-state index contributed by atoms with van der Waals surface area (Å²) in [6.45, 7) is 10.5. The smallest absolute Gasteiger partial charge is 0.191 e. The van der Waals surface area contributed by atoms with Crippen molar-refractivity contribution in [2.24, 2.45) is 10.4 Å². The molecule has 0 aromatic heterocycles. The third-order valence-corrected chi connectivity index (χ3v) is 4.75. The number of nitrogens with zero attached hydrogens (tertiary/aromatic N) is 1. The van der Waals surface area contributed by atoms with Crippen LogP contribution in [0.25, 0.3) is 0 Å². The molecule has 0 unspecified atom stereocenters. The third-order valence-electron chi connectivity index (χ3n) is 4.75. The minimum absolute atomic E-state index is 0.334. The van der Waals surface area contributed by atoms with E-state index in [0.717, 1.165) is 58.3 Å². The maximum Gasteiger partial charge on any atom is 0.191 e. The van der Waals surface area contributed by atoms with Crippen LogP contribution in [0, 0.1) is 5.41 Å².